The summed E-state index contributed by atoms with van der Waals surface area (Å²) >= 11 is 0. The van der Waals surface area contributed by atoms with Gasteiger partial charge >= 0.3 is 5.97 Å². The van der Waals surface area contributed by atoms with Gasteiger partial charge in [0.2, 0.25) is 5.91 Å². The Morgan fingerprint density at radius 3 is 2.42 bits per heavy atom. The Hall–Kier alpha value is -1.95. The van der Waals surface area contributed by atoms with Crippen molar-refractivity contribution in [3.05, 3.63) is 29.6 Å². The molecule has 0 aliphatic heterocycles. The van der Waals surface area contributed by atoms with Crippen molar-refractivity contribution in [2.24, 2.45) is 0 Å². The first-order valence-electron chi connectivity index (χ1n) is 5.77. The van der Waals surface area contributed by atoms with E-state index in [1.807, 2.05) is 20.8 Å². The number of anilines is 1. The molecule has 0 saturated carbocycles. The third-order valence-corrected chi connectivity index (χ3v) is 2.27. The van der Waals surface area contributed by atoms with Gasteiger partial charge in [-0.15, -0.1) is 0 Å². The van der Waals surface area contributed by atoms with Crippen molar-refractivity contribution in [2.75, 3.05) is 11.9 Å². The number of hydrogen-bond donors (Lipinski definition) is 3. The number of aromatic carboxylic acids is 1. The van der Waals surface area contributed by atoms with Crippen LogP contribution in [0.2, 0.25) is 0 Å². The van der Waals surface area contributed by atoms with Gasteiger partial charge in [0, 0.05) is 5.54 Å². The average molecular weight is 268 g/mol. The lowest BCUT2D eigenvalue weighted by atomic mass is 10.1. The summed E-state index contributed by atoms with van der Waals surface area (Å²) < 4.78 is 13.5. The maximum atomic E-state index is 13.5. The van der Waals surface area contributed by atoms with Crippen molar-refractivity contribution in [2.45, 2.75) is 26.3 Å². The quantitative estimate of drug-likeness (QED) is 0.778. The normalized spacial score (nSPS) is 11.2. The van der Waals surface area contributed by atoms with Gasteiger partial charge in [0.15, 0.2) is 0 Å². The molecular formula is C13H17FN2O3. The van der Waals surface area contributed by atoms with Crippen molar-refractivity contribution < 1.29 is 19.1 Å². The molecular weight excluding hydrogens is 251 g/mol. The summed E-state index contributed by atoms with van der Waals surface area (Å²) in [6.45, 7) is 5.76. The highest BCUT2D eigenvalue weighted by atomic mass is 19.1. The summed E-state index contributed by atoms with van der Waals surface area (Å²) in [6, 6.07) is 3.33. The Bertz CT molecular complexity index is 495. The highest BCUT2D eigenvalue weighted by molar-refractivity contribution is 5.93. The molecule has 19 heavy (non-hydrogen) atoms. The van der Waals surface area contributed by atoms with E-state index >= 15 is 0 Å². The second kappa shape index (κ2) is 5.79. The van der Waals surface area contributed by atoms with Gasteiger partial charge in [0.25, 0.3) is 0 Å². The molecule has 1 aromatic carbocycles. The van der Waals surface area contributed by atoms with Crippen molar-refractivity contribution in [1.82, 2.24) is 5.32 Å². The molecule has 0 aliphatic rings. The van der Waals surface area contributed by atoms with Crippen LogP contribution < -0.4 is 10.6 Å². The highest BCUT2D eigenvalue weighted by Gasteiger charge is 2.13. The number of carbonyl (C=O) groups is 2. The van der Waals surface area contributed by atoms with Crippen molar-refractivity contribution in [3.63, 3.8) is 0 Å². The first-order valence-corrected chi connectivity index (χ1v) is 5.77. The van der Waals surface area contributed by atoms with E-state index in [-0.39, 0.29) is 23.3 Å². The van der Waals surface area contributed by atoms with Crippen LogP contribution in [-0.4, -0.2) is 29.1 Å². The molecule has 1 aromatic rings. The van der Waals surface area contributed by atoms with Crippen LogP contribution in [0.4, 0.5) is 10.1 Å². The minimum absolute atomic E-state index is 0.0364. The molecule has 0 fully saturated rings. The molecule has 0 aliphatic carbocycles. The number of rotatable bonds is 4. The van der Waals surface area contributed by atoms with Gasteiger partial charge in [0.1, 0.15) is 5.82 Å². The van der Waals surface area contributed by atoms with E-state index < -0.39 is 17.7 Å². The van der Waals surface area contributed by atoms with Crippen LogP contribution in [0.15, 0.2) is 18.2 Å². The lowest BCUT2D eigenvalue weighted by Crippen LogP contribution is -2.41. The molecule has 1 rings (SSSR count). The monoisotopic (exact) mass is 268 g/mol. The third kappa shape index (κ3) is 5.05. The van der Waals surface area contributed by atoms with Crippen LogP contribution in [0.3, 0.4) is 0 Å². The van der Waals surface area contributed by atoms with Gasteiger partial charge < -0.3 is 15.7 Å². The standard InChI is InChI=1S/C13H17FN2O3/c1-13(2,3)15-7-11(17)16-10-5-4-8(12(18)19)6-9(10)14/h4-6,15H,7H2,1-3H3,(H,16,17)(H,18,19). The maximum absolute atomic E-state index is 13.5. The van der Waals surface area contributed by atoms with Gasteiger partial charge in [-0.25, -0.2) is 9.18 Å². The summed E-state index contributed by atoms with van der Waals surface area (Å²) in [6.07, 6.45) is 0. The molecule has 0 unspecified atom stereocenters. The second-order valence-corrected chi connectivity index (χ2v) is 5.15. The molecule has 0 saturated heterocycles. The fraction of sp³-hybridized carbons (Fsp3) is 0.385. The Balaban J connectivity index is 2.67. The van der Waals surface area contributed by atoms with E-state index in [9.17, 15) is 14.0 Å². The van der Waals surface area contributed by atoms with Crippen LogP contribution in [0.1, 0.15) is 31.1 Å². The Morgan fingerprint density at radius 2 is 1.95 bits per heavy atom. The highest BCUT2D eigenvalue weighted by Crippen LogP contribution is 2.15. The zero-order chi connectivity index (χ0) is 14.6. The number of carboxylic acids is 1. The first-order chi connectivity index (χ1) is 8.69. The van der Waals surface area contributed by atoms with Gasteiger partial charge in [-0.2, -0.15) is 0 Å². The number of hydrogen-bond acceptors (Lipinski definition) is 3. The van der Waals surface area contributed by atoms with Crippen LogP contribution in [0.5, 0.6) is 0 Å². The Kier molecular flexibility index (Phi) is 4.61. The van der Waals surface area contributed by atoms with E-state index in [2.05, 4.69) is 10.6 Å². The van der Waals surface area contributed by atoms with Gasteiger partial charge in [-0.05, 0) is 39.0 Å². The zero-order valence-electron chi connectivity index (χ0n) is 11.1. The number of amides is 1. The minimum Gasteiger partial charge on any atom is -0.478 e. The number of carboxylic acid groups (broad SMARTS) is 1. The second-order valence-electron chi connectivity index (χ2n) is 5.15. The smallest absolute Gasteiger partial charge is 0.335 e. The summed E-state index contributed by atoms with van der Waals surface area (Å²) in [5.74, 6) is -2.38. The number of nitrogens with one attached hydrogen (secondary N) is 2. The SMILES string of the molecule is CC(C)(C)NCC(=O)Nc1ccc(C(=O)O)cc1F. The number of carbonyl (C=O) groups excluding carboxylic acids is 1. The molecule has 6 heteroatoms. The van der Waals surface area contributed by atoms with E-state index in [1.165, 1.54) is 12.1 Å². The van der Waals surface area contributed by atoms with E-state index in [4.69, 9.17) is 5.11 Å². The molecule has 0 bridgehead atoms. The van der Waals surface area contributed by atoms with Gasteiger partial charge in [-0.1, -0.05) is 0 Å². The number of halogens is 1. The van der Waals surface area contributed by atoms with E-state index in [1.54, 1.807) is 0 Å². The van der Waals surface area contributed by atoms with Crippen molar-refractivity contribution >= 4 is 17.6 Å². The Labute approximate surface area is 110 Å². The van der Waals surface area contributed by atoms with Gasteiger partial charge in [0.05, 0.1) is 17.8 Å². The maximum Gasteiger partial charge on any atom is 0.335 e. The van der Waals surface area contributed by atoms with E-state index in [0.29, 0.717) is 0 Å². The third-order valence-electron chi connectivity index (χ3n) is 2.27. The molecule has 0 aromatic heterocycles. The zero-order valence-corrected chi connectivity index (χ0v) is 11.1. The van der Waals surface area contributed by atoms with E-state index in [0.717, 1.165) is 6.07 Å². The van der Waals surface area contributed by atoms with Crippen LogP contribution >= 0.6 is 0 Å². The molecule has 3 N–H and O–H groups in total. The predicted octanol–water partition coefficient (Wildman–Crippen LogP) is 1.85. The summed E-state index contributed by atoms with van der Waals surface area (Å²) in [4.78, 5) is 22.2. The molecule has 104 valence electrons. The van der Waals surface area contributed by atoms with Crippen molar-refractivity contribution in [1.29, 1.82) is 0 Å². The lowest BCUT2D eigenvalue weighted by Gasteiger charge is -2.20. The minimum atomic E-state index is -1.22. The first kappa shape index (κ1) is 15.1. The molecule has 0 radical (unpaired) electrons. The molecule has 5 nitrogen and oxygen atoms in total. The predicted molar refractivity (Wildman–Crippen MR) is 69.7 cm³/mol. The van der Waals surface area contributed by atoms with Gasteiger partial charge in [-0.3, -0.25) is 4.79 Å². The summed E-state index contributed by atoms with van der Waals surface area (Å²) in [5, 5.41) is 14.0. The summed E-state index contributed by atoms with van der Waals surface area (Å²) in [7, 11) is 0. The average Bonchev–Trinajstić information content (AvgIpc) is 2.28. The summed E-state index contributed by atoms with van der Waals surface area (Å²) in [5.41, 5.74) is -0.419. The Morgan fingerprint density at radius 1 is 1.32 bits per heavy atom. The number of benzene rings is 1. The lowest BCUT2D eigenvalue weighted by molar-refractivity contribution is -0.115. The molecule has 1 amide bonds. The van der Waals surface area contributed by atoms with Crippen molar-refractivity contribution in [3.8, 4) is 0 Å². The van der Waals surface area contributed by atoms with Crippen LogP contribution in [0.25, 0.3) is 0 Å². The molecule has 0 heterocycles. The van der Waals surface area contributed by atoms with Crippen LogP contribution in [0, 0.1) is 5.82 Å². The molecule has 0 atom stereocenters. The van der Waals surface area contributed by atoms with Crippen LogP contribution in [-0.2, 0) is 4.79 Å². The topological polar surface area (TPSA) is 78.4 Å². The fourth-order valence-corrected chi connectivity index (χ4v) is 1.29. The largest absolute Gasteiger partial charge is 0.478 e. The fourth-order valence-electron chi connectivity index (χ4n) is 1.29. The molecule has 0 spiro atoms.